The first kappa shape index (κ1) is 14.2. The summed E-state index contributed by atoms with van der Waals surface area (Å²) in [4.78, 5) is 16.1. The van der Waals surface area contributed by atoms with Crippen LogP contribution in [0.1, 0.15) is 0 Å². The maximum absolute atomic E-state index is 13.9. The second kappa shape index (κ2) is 5.23. The fraction of sp³-hybridized carbons (Fsp3) is 0. The average Bonchev–Trinajstić information content (AvgIpc) is 3.00. The molecule has 0 amide bonds. The molecule has 3 aromatic rings. The van der Waals surface area contributed by atoms with E-state index in [0.29, 0.717) is 4.68 Å². The molecule has 2 heterocycles. The van der Waals surface area contributed by atoms with Crippen LogP contribution in [-0.4, -0.2) is 19.4 Å². The Balaban J connectivity index is 2.32. The van der Waals surface area contributed by atoms with E-state index in [1.165, 1.54) is 18.5 Å². The van der Waals surface area contributed by atoms with Gasteiger partial charge in [-0.2, -0.15) is 5.10 Å². The van der Waals surface area contributed by atoms with Gasteiger partial charge < -0.3 is 5.84 Å². The van der Waals surface area contributed by atoms with E-state index in [2.05, 4.69) is 10.1 Å². The molecule has 0 saturated carbocycles. The fourth-order valence-corrected chi connectivity index (χ4v) is 2.26. The molecule has 0 spiro atoms. The fourth-order valence-electron chi connectivity index (χ4n) is 1.99. The summed E-state index contributed by atoms with van der Waals surface area (Å²) >= 11 is 5.98. The molecule has 0 atom stereocenters. The molecule has 0 saturated heterocycles. The van der Waals surface area contributed by atoms with E-state index in [0.717, 1.165) is 16.8 Å². The third kappa shape index (κ3) is 2.13. The molecule has 1 aromatic carbocycles. The Hall–Kier alpha value is -2.74. The maximum Gasteiger partial charge on any atom is 0.314 e. The van der Waals surface area contributed by atoms with Gasteiger partial charge in [-0.1, -0.05) is 17.7 Å². The molecule has 9 heteroatoms. The lowest BCUT2D eigenvalue weighted by Gasteiger charge is -2.12. The van der Waals surface area contributed by atoms with E-state index in [1.54, 1.807) is 6.07 Å². The van der Waals surface area contributed by atoms with Crippen molar-refractivity contribution in [1.82, 2.24) is 19.4 Å². The molecular weight excluding hydrogens is 316 g/mol. The van der Waals surface area contributed by atoms with Gasteiger partial charge in [0.25, 0.3) is 0 Å². The van der Waals surface area contributed by atoms with Crippen molar-refractivity contribution < 1.29 is 8.78 Å². The normalized spacial score (nSPS) is 10.9. The van der Waals surface area contributed by atoms with Crippen molar-refractivity contribution in [1.29, 1.82) is 0 Å². The number of aromatic nitrogens is 4. The summed E-state index contributed by atoms with van der Waals surface area (Å²) in [7, 11) is 0. The first-order valence-electron chi connectivity index (χ1n) is 6.02. The lowest BCUT2D eigenvalue weighted by molar-refractivity contribution is 0.586. The highest BCUT2D eigenvalue weighted by Crippen LogP contribution is 2.29. The molecule has 112 valence electrons. The minimum Gasteiger partial charge on any atom is -0.336 e. The second-order valence-corrected chi connectivity index (χ2v) is 4.66. The molecule has 0 unspecified atom stereocenters. The Kier molecular flexibility index (Phi) is 3.38. The SMILES string of the molecule is Nn1c(-c2c(F)cccc2F)c(Cl)nc(-n2cccn2)c1=O. The molecule has 2 aromatic heterocycles. The molecule has 22 heavy (non-hydrogen) atoms. The monoisotopic (exact) mass is 323 g/mol. The van der Waals surface area contributed by atoms with Crippen molar-refractivity contribution in [2.24, 2.45) is 0 Å². The van der Waals surface area contributed by atoms with Crippen LogP contribution in [0, 0.1) is 11.6 Å². The smallest absolute Gasteiger partial charge is 0.314 e. The van der Waals surface area contributed by atoms with E-state index in [-0.39, 0.29) is 16.7 Å². The second-order valence-electron chi connectivity index (χ2n) is 4.30. The van der Waals surface area contributed by atoms with E-state index >= 15 is 0 Å². The topological polar surface area (TPSA) is 78.7 Å². The minimum atomic E-state index is -0.908. The van der Waals surface area contributed by atoms with Gasteiger partial charge in [0.05, 0.1) is 5.56 Å². The molecule has 3 rings (SSSR count). The summed E-state index contributed by atoms with van der Waals surface area (Å²) in [6, 6.07) is 4.81. The molecule has 0 aliphatic heterocycles. The zero-order valence-electron chi connectivity index (χ0n) is 10.9. The number of rotatable bonds is 2. The van der Waals surface area contributed by atoms with Gasteiger partial charge in [-0.05, 0) is 18.2 Å². The first-order chi connectivity index (χ1) is 10.5. The zero-order chi connectivity index (χ0) is 15.9. The summed E-state index contributed by atoms with van der Waals surface area (Å²) in [5.74, 6) is 3.67. The molecular formula is C13H8ClF2N5O. The third-order valence-corrected chi connectivity index (χ3v) is 3.23. The van der Waals surface area contributed by atoms with Gasteiger partial charge in [-0.3, -0.25) is 4.79 Å². The van der Waals surface area contributed by atoms with E-state index in [1.807, 2.05) is 0 Å². The van der Waals surface area contributed by atoms with Gasteiger partial charge in [-0.25, -0.2) is 23.1 Å². The predicted octanol–water partition coefficient (Wildman–Crippen LogP) is 1.74. The standard InChI is InChI=1S/C13H8ClF2N5O/c14-11-10(9-7(15)3-1-4-8(9)16)21(17)13(22)12(19-11)20-6-2-5-18-20/h1-6H,17H2. The van der Waals surface area contributed by atoms with Crippen molar-refractivity contribution in [3.05, 3.63) is 63.8 Å². The van der Waals surface area contributed by atoms with Crippen LogP contribution in [0.4, 0.5) is 8.78 Å². The molecule has 0 radical (unpaired) electrons. The molecule has 0 aliphatic rings. The Morgan fingerprint density at radius 3 is 2.45 bits per heavy atom. The Morgan fingerprint density at radius 1 is 1.18 bits per heavy atom. The number of benzene rings is 1. The van der Waals surface area contributed by atoms with Crippen LogP contribution >= 0.6 is 11.6 Å². The van der Waals surface area contributed by atoms with Crippen LogP contribution in [0.3, 0.4) is 0 Å². The van der Waals surface area contributed by atoms with E-state index in [9.17, 15) is 13.6 Å². The number of hydrogen-bond acceptors (Lipinski definition) is 4. The van der Waals surface area contributed by atoms with E-state index in [4.69, 9.17) is 17.4 Å². The number of halogens is 3. The van der Waals surface area contributed by atoms with Gasteiger partial charge in [0.2, 0.25) is 5.82 Å². The Labute approximate surface area is 127 Å². The molecule has 6 nitrogen and oxygen atoms in total. The summed E-state index contributed by atoms with van der Waals surface area (Å²) < 4.78 is 29.5. The van der Waals surface area contributed by atoms with Crippen LogP contribution in [0.15, 0.2) is 41.5 Å². The quantitative estimate of drug-likeness (QED) is 0.729. The van der Waals surface area contributed by atoms with Gasteiger partial charge >= 0.3 is 5.56 Å². The third-order valence-electron chi connectivity index (χ3n) is 2.97. The summed E-state index contributed by atoms with van der Waals surface area (Å²) in [5.41, 5.74) is -1.67. The minimum absolute atomic E-state index is 0.182. The predicted molar refractivity (Wildman–Crippen MR) is 76.1 cm³/mol. The molecule has 2 N–H and O–H groups in total. The van der Waals surface area contributed by atoms with Gasteiger partial charge in [-0.15, -0.1) is 0 Å². The summed E-state index contributed by atoms with van der Waals surface area (Å²) in [6.45, 7) is 0. The van der Waals surface area contributed by atoms with Crippen LogP contribution in [0.2, 0.25) is 5.15 Å². The van der Waals surface area contributed by atoms with Gasteiger partial charge in [0.15, 0.2) is 5.15 Å². The van der Waals surface area contributed by atoms with Crippen molar-refractivity contribution >= 4 is 11.6 Å². The highest BCUT2D eigenvalue weighted by Gasteiger charge is 2.22. The highest BCUT2D eigenvalue weighted by atomic mass is 35.5. The molecule has 0 aliphatic carbocycles. The van der Waals surface area contributed by atoms with Crippen LogP contribution in [0.25, 0.3) is 17.1 Å². The lowest BCUT2D eigenvalue weighted by atomic mass is 10.1. The lowest BCUT2D eigenvalue weighted by Crippen LogP contribution is -2.33. The summed E-state index contributed by atoms with van der Waals surface area (Å²) in [6.07, 6.45) is 2.89. The largest absolute Gasteiger partial charge is 0.336 e. The maximum atomic E-state index is 13.9. The first-order valence-corrected chi connectivity index (χ1v) is 6.40. The summed E-state index contributed by atoms with van der Waals surface area (Å²) in [5, 5.41) is 3.52. The number of nitrogens with zero attached hydrogens (tertiary/aromatic N) is 4. The number of hydrogen-bond donors (Lipinski definition) is 1. The Bertz CT molecular complexity index is 887. The van der Waals surface area contributed by atoms with Crippen LogP contribution in [0.5, 0.6) is 0 Å². The van der Waals surface area contributed by atoms with Crippen molar-refractivity contribution in [3.63, 3.8) is 0 Å². The van der Waals surface area contributed by atoms with Gasteiger partial charge in [0.1, 0.15) is 17.3 Å². The number of nitrogen functional groups attached to an aromatic ring is 1. The van der Waals surface area contributed by atoms with Crippen LogP contribution < -0.4 is 11.4 Å². The number of nitrogens with two attached hydrogens (primary N) is 1. The van der Waals surface area contributed by atoms with Crippen LogP contribution in [-0.2, 0) is 0 Å². The molecule has 0 fully saturated rings. The van der Waals surface area contributed by atoms with Crippen molar-refractivity contribution in [2.75, 3.05) is 5.84 Å². The zero-order valence-corrected chi connectivity index (χ0v) is 11.6. The van der Waals surface area contributed by atoms with Crippen molar-refractivity contribution in [2.45, 2.75) is 0 Å². The average molecular weight is 324 g/mol. The molecule has 0 bridgehead atoms. The van der Waals surface area contributed by atoms with E-state index < -0.39 is 22.8 Å². The van der Waals surface area contributed by atoms with Crippen molar-refractivity contribution in [3.8, 4) is 17.1 Å². The Morgan fingerprint density at radius 2 is 1.86 bits per heavy atom. The highest BCUT2D eigenvalue weighted by molar-refractivity contribution is 6.31. The van der Waals surface area contributed by atoms with Gasteiger partial charge in [0, 0.05) is 12.4 Å².